The Morgan fingerprint density at radius 2 is 2.06 bits per heavy atom. The standard InChI is InChI=1S/C11H16N2O3S/c12-17(15,16)11-4-2-1-3-9(11)13-7-10(14)8-5-6-8/h1-4,8,10,13-14H,5-7H2,(H2,12,15,16). The molecular weight excluding hydrogens is 240 g/mol. The zero-order valence-corrected chi connectivity index (χ0v) is 10.2. The smallest absolute Gasteiger partial charge is 0.240 e. The first-order valence-electron chi connectivity index (χ1n) is 5.52. The van der Waals surface area contributed by atoms with E-state index in [-0.39, 0.29) is 4.90 Å². The number of primary sulfonamides is 1. The summed E-state index contributed by atoms with van der Waals surface area (Å²) in [5, 5.41) is 17.7. The van der Waals surface area contributed by atoms with Crippen molar-refractivity contribution in [1.29, 1.82) is 0 Å². The minimum Gasteiger partial charge on any atom is -0.391 e. The monoisotopic (exact) mass is 256 g/mol. The van der Waals surface area contributed by atoms with Crippen LogP contribution in [0.4, 0.5) is 5.69 Å². The topological polar surface area (TPSA) is 92.4 Å². The highest BCUT2D eigenvalue weighted by atomic mass is 32.2. The number of hydrogen-bond donors (Lipinski definition) is 3. The third-order valence-electron chi connectivity index (χ3n) is 2.86. The summed E-state index contributed by atoms with van der Waals surface area (Å²) < 4.78 is 22.6. The molecule has 1 saturated carbocycles. The summed E-state index contributed by atoms with van der Waals surface area (Å²) in [5.41, 5.74) is 0.440. The number of para-hydroxylation sites is 1. The summed E-state index contributed by atoms with van der Waals surface area (Å²) in [5.74, 6) is 0.351. The predicted molar refractivity (Wildman–Crippen MR) is 65.0 cm³/mol. The second kappa shape index (κ2) is 4.64. The number of rotatable bonds is 5. The summed E-state index contributed by atoms with van der Waals surface area (Å²) in [6.07, 6.45) is 1.66. The number of hydrogen-bond acceptors (Lipinski definition) is 4. The van der Waals surface area contributed by atoms with Crippen molar-refractivity contribution in [2.45, 2.75) is 23.8 Å². The van der Waals surface area contributed by atoms with E-state index in [2.05, 4.69) is 5.32 Å². The van der Waals surface area contributed by atoms with E-state index in [9.17, 15) is 13.5 Å². The molecule has 0 radical (unpaired) electrons. The van der Waals surface area contributed by atoms with E-state index >= 15 is 0 Å². The normalized spacial score (nSPS) is 17.8. The van der Waals surface area contributed by atoms with Crippen LogP contribution in [-0.4, -0.2) is 26.2 Å². The summed E-state index contributed by atoms with van der Waals surface area (Å²) in [6, 6.07) is 6.42. The Morgan fingerprint density at radius 1 is 1.41 bits per heavy atom. The van der Waals surface area contributed by atoms with Crippen LogP contribution in [0.3, 0.4) is 0 Å². The Hall–Kier alpha value is -1.11. The van der Waals surface area contributed by atoms with Crippen molar-refractivity contribution in [3.8, 4) is 0 Å². The predicted octanol–water partition coefficient (Wildman–Crippen LogP) is 0.517. The Labute approximate surface area is 101 Å². The summed E-state index contributed by atoms with van der Waals surface area (Å²) >= 11 is 0. The van der Waals surface area contributed by atoms with Gasteiger partial charge in [0.1, 0.15) is 4.90 Å². The molecule has 17 heavy (non-hydrogen) atoms. The van der Waals surface area contributed by atoms with Gasteiger partial charge >= 0.3 is 0 Å². The van der Waals surface area contributed by atoms with Crippen LogP contribution in [0.2, 0.25) is 0 Å². The van der Waals surface area contributed by atoms with Crippen LogP contribution in [0.15, 0.2) is 29.2 Å². The number of nitrogens with two attached hydrogens (primary N) is 1. The Bertz CT molecular complexity index is 497. The molecule has 1 aliphatic rings. The van der Waals surface area contributed by atoms with Crippen molar-refractivity contribution in [2.24, 2.45) is 11.1 Å². The summed E-state index contributed by atoms with van der Waals surface area (Å²) in [7, 11) is -3.73. The van der Waals surface area contributed by atoms with Crippen LogP contribution >= 0.6 is 0 Å². The molecule has 6 heteroatoms. The highest BCUT2D eigenvalue weighted by molar-refractivity contribution is 7.89. The maximum atomic E-state index is 11.3. The zero-order valence-electron chi connectivity index (χ0n) is 9.33. The molecule has 1 unspecified atom stereocenters. The second-order valence-corrected chi connectivity index (χ2v) is 5.86. The van der Waals surface area contributed by atoms with Crippen LogP contribution in [0.5, 0.6) is 0 Å². The van der Waals surface area contributed by atoms with Gasteiger partial charge in [0, 0.05) is 6.54 Å². The highest BCUT2D eigenvalue weighted by Crippen LogP contribution is 2.32. The first kappa shape index (κ1) is 12.3. The van der Waals surface area contributed by atoms with Gasteiger partial charge in [-0.05, 0) is 30.9 Å². The number of benzene rings is 1. The van der Waals surface area contributed by atoms with Crippen LogP contribution in [0.1, 0.15) is 12.8 Å². The van der Waals surface area contributed by atoms with Gasteiger partial charge in [-0.3, -0.25) is 0 Å². The lowest BCUT2D eigenvalue weighted by Gasteiger charge is -2.14. The Kier molecular flexibility index (Phi) is 3.37. The zero-order chi connectivity index (χ0) is 12.5. The Balaban J connectivity index is 2.09. The van der Waals surface area contributed by atoms with Gasteiger partial charge in [0.25, 0.3) is 0 Å². The third kappa shape index (κ3) is 3.18. The molecule has 0 saturated heterocycles. The molecule has 94 valence electrons. The molecule has 1 aromatic rings. The lowest BCUT2D eigenvalue weighted by Crippen LogP contribution is -2.23. The first-order chi connectivity index (χ1) is 7.98. The van der Waals surface area contributed by atoms with Gasteiger partial charge in [-0.25, -0.2) is 13.6 Å². The maximum absolute atomic E-state index is 11.3. The van der Waals surface area contributed by atoms with E-state index in [4.69, 9.17) is 5.14 Å². The number of anilines is 1. The SMILES string of the molecule is NS(=O)(=O)c1ccccc1NCC(O)C1CC1. The molecule has 0 aromatic heterocycles. The lowest BCUT2D eigenvalue weighted by atomic mass is 10.2. The maximum Gasteiger partial charge on any atom is 0.240 e. The van der Waals surface area contributed by atoms with Crippen LogP contribution < -0.4 is 10.5 Å². The van der Waals surface area contributed by atoms with Gasteiger partial charge in [0.15, 0.2) is 0 Å². The second-order valence-electron chi connectivity index (χ2n) is 4.33. The van der Waals surface area contributed by atoms with Crippen LogP contribution in [0, 0.1) is 5.92 Å². The Morgan fingerprint density at radius 3 is 2.65 bits per heavy atom. The number of nitrogens with one attached hydrogen (secondary N) is 1. The van der Waals surface area contributed by atoms with Crippen LogP contribution in [0.25, 0.3) is 0 Å². The van der Waals surface area contributed by atoms with Crippen molar-refractivity contribution in [3.63, 3.8) is 0 Å². The van der Waals surface area contributed by atoms with Crippen molar-refractivity contribution in [2.75, 3.05) is 11.9 Å². The molecule has 1 aromatic carbocycles. The molecule has 4 N–H and O–H groups in total. The van der Waals surface area contributed by atoms with Gasteiger partial charge in [0.2, 0.25) is 10.0 Å². The van der Waals surface area contributed by atoms with Gasteiger partial charge in [-0.15, -0.1) is 0 Å². The third-order valence-corrected chi connectivity index (χ3v) is 3.83. The van der Waals surface area contributed by atoms with Crippen LogP contribution in [-0.2, 0) is 10.0 Å². The van der Waals surface area contributed by atoms with E-state index < -0.39 is 16.1 Å². The average molecular weight is 256 g/mol. The molecule has 0 aliphatic heterocycles. The van der Waals surface area contributed by atoms with E-state index in [0.29, 0.717) is 18.2 Å². The minimum atomic E-state index is -3.73. The molecule has 0 amide bonds. The molecule has 0 spiro atoms. The van der Waals surface area contributed by atoms with Crippen molar-refractivity contribution >= 4 is 15.7 Å². The van der Waals surface area contributed by atoms with Crippen molar-refractivity contribution in [3.05, 3.63) is 24.3 Å². The molecular formula is C11H16N2O3S. The summed E-state index contributed by atoms with van der Waals surface area (Å²) in [6.45, 7) is 0.344. The first-order valence-corrected chi connectivity index (χ1v) is 7.07. The van der Waals surface area contributed by atoms with E-state index in [1.807, 2.05) is 0 Å². The van der Waals surface area contributed by atoms with E-state index in [1.165, 1.54) is 6.07 Å². The quantitative estimate of drug-likeness (QED) is 0.716. The molecule has 1 fully saturated rings. The fourth-order valence-corrected chi connectivity index (χ4v) is 2.44. The van der Waals surface area contributed by atoms with Gasteiger partial charge in [-0.2, -0.15) is 0 Å². The number of sulfonamides is 1. The average Bonchev–Trinajstić information content (AvgIpc) is 3.08. The van der Waals surface area contributed by atoms with Crippen molar-refractivity contribution < 1.29 is 13.5 Å². The molecule has 0 heterocycles. The molecule has 0 bridgehead atoms. The fraction of sp³-hybridized carbons (Fsp3) is 0.455. The van der Waals surface area contributed by atoms with E-state index in [0.717, 1.165) is 12.8 Å². The van der Waals surface area contributed by atoms with Crippen molar-refractivity contribution in [1.82, 2.24) is 0 Å². The molecule has 1 aliphatic carbocycles. The largest absolute Gasteiger partial charge is 0.391 e. The van der Waals surface area contributed by atoms with E-state index in [1.54, 1.807) is 18.2 Å². The minimum absolute atomic E-state index is 0.0583. The lowest BCUT2D eigenvalue weighted by molar-refractivity contribution is 0.164. The van der Waals surface area contributed by atoms with Gasteiger partial charge < -0.3 is 10.4 Å². The molecule has 1 atom stereocenters. The number of aliphatic hydroxyl groups is 1. The molecule has 5 nitrogen and oxygen atoms in total. The molecule has 2 rings (SSSR count). The fourth-order valence-electron chi connectivity index (χ4n) is 1.72. The summed E-state index contributed by atoms with van der Waals surface area (Å²) in [4.78, 5) is 0.0583. The number of aliphatic hydroxyl groups excluding tert-OH is 1. The van der Waals surface area contributed by atoms with Gasteiger partial charge in [0.05, 0.1) is 11.8 Å². The van der Waals surface area contributed by atoms with Gasteiger partial charge in [-0.1, -0.05) is 12.1 Å². The highest BCUT2D eigenvalue weighted by Gasteiger charge is 2.29.